The van der Waals surface area contributed by atoms with Gasteiger partial charge in [-0.2, -0.15) is 13.2 Å². The van der Waals surface area contributed by atoms with Crippen molar-refractivity contribution in [2.24, 2.45) is 5.92 Å². The SMILES string of the molecule is O=C(O)C1CCOC(C(F)(F)F)C1. The van der Waals surface area contributed by atoms with Crippen LogP contribution in [0.3, 0.4) is 0 Å². The highest BCUT2D eigenvalue weighted by atomic mass is 19.4. The van der Waals surface area contributed by atoms with Crippen LogP contribution in [0.2, 0.25) is 0 Å². The number of hydrogen-bond acceptors (Lipinski definition) is 2. The van der Waals surface area contributed by atoms with Crippen LogP contribution >= 0.6 is 0 Å². The zero-order valence-corrected chi connectivity index (χ0v) is 6.67. The molecule has 76 valence electrons. The Balaban J connectivity index is 2.57. The number of aliphatic carboxylic acids is 1. The Kier molecular flexibility index (Phi) is 2.80. The van der Waals surface area contributed by atoms with E-state index in [9.17, 15) is 18.0 Å². The van der Waals surface area contributed by atoms with E-state index in [4.69, 9.17) is 5.11 Å². The largest absolute Gasteiger partial charge is 0.481 e. The lowest BCUT2D eigenvalue weighted by atomic mass is 9.95. The molecule has 0 aliphatic carbocycles. The van der Waals surface area contributed by atoms with Crippen molar-refractivity contribution >= 4 is 5.97 Å². The third kappa shape index (κ3) is 2.58. The molecule has 2 atom stereocenters. The standard InChI is InChI=1S/C7H9F3O3/c8-7(9,10)5-3-4(6(11)12)1-2-13-5/h4-5H,1-3H2,(H,11,12). The number of carbonyl (C=O) groups is 1. The Morgan fingerprint density at radius 1 is 1.46 bits per heavy atom. The molecule has 0 spiro atoms. The van der Waals surface area contributed by atoms with Gasteiger partial charge in [0.2, 0.25) is 0 Å². The first-order valence-electron chi connectivity index (χ1n) is 3.82. The van der Waals surface area contributed by atoms with E-state index >= 15 is 0 Å². The third-order valence-electron chi connectivity index (χ3n) is 2.00. The minimum Gasteiger partial charge on any atom is -0.481 e. The maximum absolute atomic E-state index is 12.1. The molecule has 2 unspecified atom stereocenters. The van der Waals surface area contributed by atoms with E-state index in [1.165, 1.54) is 0 Å². The van der Waals surface area contributed by atoms with Crippen LogP contribution in [-0.4, -0.2) is 30.0 Å². The predicted molar refractivity (Wildman–Crippen MR) is 36.2 cm³/mol. The third-order valence-corrected chi connectivity index (χ3v) is 2.00. The van der Waals surface area contributed by atoms with Gasteiger partial charge in [-0.3, -0.25) is 4.79 Å². The summed E-state index contributed by atoms with van der Waals surface area (Å²) in [5, 5.41) is 8.50. The molecule has 6 heteroatoms. The Hall–Kier alpha value is -0.780. The number of carboxylic acids is 1. The molecule has 1 saturated heterocycles. The molecule has 1 aliphatic rings. The lowest BCUT2D eigenvalue weighted by Crippen LogP contribution is -2.39. The molecule has 0 aromatic carbocycles. The van der Waals surface area contributed by atoms with Gasteiger partial charge in [-0.05, 0) is 12.8 Å². The second-order valence-electron chi connectivity index (χ2n) is 2.96. The van der Waals surface area contributed by atoms with Crippen LogP contribution in [0.15, 0.2) is 0 Å². The molecule has 0 aromatic rings. The van der Waals surface area contributed by atoms with Gasteiger partial charge in [-0.15, -0.1) is 0 Å². The van der Waals surface area contributed by atoms with E-state index in [1.54, 1.807) is 0 Å². The average Bonchev–Trinajstić information content (AvgIpc) is 2.03. The molecule has 1 N–H and O–H groups in total. The first-order chi connectivity index (χ1) is 5.91. The number of carboxylic acid groups (broad SMARTS) is 1. The van der Waals surface area contributed by atoms with Crippen molar-refractivity contribution in [3.8, 4) is 0 Å². The van der Waals surface area contributed by atoms with Gasteiger partial charge in [0, 0.05) is 6.61 Å². The zero-order valence-electron chi connectivity index (χ0n) is 6.67. The minimum absolute atomic E-state index is 0.138. The van der Waals surface area contributed by atoms with Crippen LogP contribution in [0.5, 0.6) is 0 Å². The van der Waals surface area contributed by atoms with Crippen molar-refractivity contribution in [3.63, 3.8) is 0 Å². The van der Waals surface area contributed by atoms with Crippen LogP contribution in [-0.2, 0) is 9.53 Å². The van der Waals surface area contributed by atoms with E-state index in [2.05, 4.69) is 4.74 Å². The van der Waals surface area contributed by atoms with Crippen LogP contribution in [0.1, 0.15) is 12.8 Å². The lowest BCUT2D eigenvalue weighted by Gasteiger charge is -2.28. The molecular formula is C7H9F3O3. The summed E-state index contributed by atoms with van der Waals surface area (Å²) in [6.07, 6.45) is -6.68. The molecule has 1 fully saturated rings. The Labute approximate surface area is 72.5 Å². The first-order valence-corrected chi connectivity index (χ1v) is 3.82. The summed E-state index contributed by atoms with van der Waals surface area (Å²) < 4.78 is 40.6. The lowest BCUT2D eigenvalue weighted by molar-refractivity contribution is -0.236. The van der Waals surface area contributed by atoms with Gasteiger partial charge in [0.05, 0.1) is 5.92 Å². The van der Waals surface area contributed by atoms with Crippen LogP contribution < -0.4 is 0 Å². The molecule has 3 nitrogen and oxygen atoms in total. The van der Waals surface area contributed by atoms with E-state index in [0.29, 0.717) is 0 Å². The summed E-state index contributed by atoms with van der Waals surface area (Å²) in [6.45, 7) is -0.138. The maximum Gasteiger partial charge on any atom is 0.414 e. The van der Waals surface area contributed by atoms with E-state index in [0.717, 1.165) is 0 Å². The molecule has 0 amide bonds. The predicted octanol–water partition coefficient (Wildman–Crippen LogP) is 1.43. The molecule has 0 aromatic heterocycles. The van der Waals surface area contributed by atoms with Gasteiger partial charge in [0.1, 0.15) is 0 Å². The molecule has 0 radical (unpaired) electrons. The summed E-state index contributed by atoms with van der Waals surface area (Å²) in [6, 6.07) is 0. The molecule has 1 heterocycles. The van der Waals surface area contributed by atoms with Crippen LogP contribution in [0.25, 0.3) is 0 Å². The van der Waals surface area contributed by atoms with Gasteiger partial charge in [-0.1, -0.05) is 0 Å². The maximum atomic E-state index is 12.1. The smallest absolute Gasteiger partial charge is 0.414 e. The normalized spacial score (nSPS) is 30.1. The molecule has 1 aliphatic heterocycles. The molecule has 1 rings (SSSR count). The van der Waals surface area contributed by atoms with Gasteiger partial charge >= 0.3 is 12.1 Å². The second kappa shape index (κ2) is 3.53. The first kappa shape index (κ1) is 10.3. The van der Waals surface area contributed by atoms with E-state index < -0.39 is 30.6 Å². The van der Waals surface area contributed by atoms with Crippen molar-refractivity contribution in [1.82, 2.24) is 0 Å². The van der Waals surface area contributed by atoms with Crippen molar-refractivity contribution in [3.05, 3.63) is 0 Å². The van der Waals surface area contributed by atoms with Gasteiger partial charge in [-0.25, -0.2) is 0 Å². The van der Waals surface area contributed by atoms with Gasteiger partial charge < -0.3 is 9.84 Å². The van der Waals surface area contributed by atoms with E-state index in [1.807, 2.05) is 0 Å². The zero-order chi connectivity index (χ0) is 10.1. The summed E-state index contributed by atoms with van der Waals surface area (Å²) in [5.41, 5.74) is 0. The monoisotopic (exact) mass is 198 g/mol. The highest BCUT2D eigenvalue weighted by molar-refractivity contribution is 5.70. The number of halogens is 3. The molecular weight excluding hydrogens is 189 g/mol. The fraction of sp³-hybridized carbons (Fsp3) is 0.857. The van der Waals surface area contributed by atoms with Crippen molar-refractivity contribution in [2.45, 2.75) is 25.1 Å². The fourth-order valence-corrected chi connectivity index (χ4v) is 1.25. The Morgan fingerprint density at radius 3 is 2.54 bits per heavy atom. The number of alkyl halides is 3. The van der Waals surface area contributed by atoms with Crippen molar-refractivity contribution in [2.75, 3.05) is 6.61 Å². The molecule has 0 bridgehead atoms. The van der Waals surface area contributed by atoms with Crippen LogP contribution in [0.4, 0.5) is 13.2 Å². The highest BCUT2D eigenvalue weighted by Crippen LogP contribution is 2.32. The summed E-state index contributed by atoms with van der Waals surface area (Å²) in [5.74, 6) is -2.11. The summed E-state index contributed by atoms with van der Waals surface area (Å²) in [4.78, 5) is 10.4. The van der Waals surface area contributed by atoms with E-state index in [-0.39, 0.29) is 13.0 Å². The molecule has 13 heavy (non-hydrogen) atoms. The number of ether oxygens (including phenoxy) is 1. The van der Waals surface area contributed by atoms with Crippen LogP contribution in [0, 0.1) is 5.92 Å². The topological polar surface area (TPSA) is 46.5 Å². The molecule has 0 saturated carbocycles. The summed E-state index contributed by atoms with van der Waals surface area (Å²) >= 11 is 0. The Morgan fingerprint density at radius 2 is 2.08 bits per heavy atom. The number of hydrogen-bond donors (Lipinski definition) is 1. The highest BCUT2D eigenvalue weighted by Gasteiger charge is 2.45. The minimum atomic E-state index is -4.45. The van der Waals surface area contributed by atoms with Gasteiger partial charge in [0.15, 0.2) is 6.10 Å². The summed E-state index contributed by atoms with van der Waals surface area (Å²) in [7, 11) is 0. The quantitative estimate of drug-likeness (QED) is 0.693. The average molecular weight is 198 g/mol. The fourth-order valence-electron chi connectivity index (χ4n) is 1.25. The number of rotatable bonds is 1. The van der Waals surface area contributed by atoms with Crippen molar-refractivity contribution < 1.29 is 27.8 Å². The Bertz CT molecular complexity index is 202. The van der Waals surface area contributed by atoms with Gasteiger partial charge in [0.25, 0.3) is 0 Å². The van der Waals surface area contributed by atoms with Crippen molar-refractivity contribution in [1.29, 1.82) is 0 Å². The second-order valence-corrected chi connectivity index (χ2v) is 2.96.